The fourth-order valence-electron chi connectivity index (χ4n) is 2.59. The van der Waals surface area contributed by atoms with E-state index in [9.17, 15) is 9.90 Å². The standard InChI is InChI=1S/C14H20N2O2/c1-2-7-14(8-4-9-15-14)13(18)16-11-5-3-6-12(17)10-11/h3,5-6,10,15,17H,2,4,7-9H2,1H3,(H,16,18). The monoisotopic (exact) mass is 248 g/mol. The molecule has 0 radical (unpaired) electrons. The fourth-order valence-corrected chi connectivity index (χ4v) is 2.59. The highest BCUT2D eigenvalue weighted by atomic mass is 16.3. The van der Waals surface area contributed by atoms with Crippen LogP contribution in [-0.4, -0.2) is 23.1 Å². The van der Waals surface area contributed by atoms with Crippen molar-refractivity contribution in [3.63, 3.8) is 0 Å². The minimum Gasteiger partial charge on any atom is -0.508 e. The molecule has 3 N–H and O–H groups in total. The molecule has 0 saturated carbocycles. The van der Waals surface area contributed by atoms with Crippen LogP contribution in [0.4, 0.5) is 5.69 Å². The molecular formula is C14H20N2O2. The van der Waals surface area contributed by atoms with Crippen LogP contribution in [0.1, 0.15) is 32.6 Å². The SMILES string of the molecule is CCCC1(C(=O)Nc2cccc(O)c2)CCCN1. The van der Waals surface area contributed by atoms with Gasteiger partial charge < -0.3 is 15.7 Å². The number of benzene rings is 1. The lowest BCUT2D eigenvalue weighted by Gasteiger charge is -2.27. The van der Waals surface area contributed by atoms with Crippen LogP contribution in [0.3, 0.4) is 0 Å². The average molecular weight is 248 g/mol. The van der Waals surface area contributed by atoms with E-state index in [4.69, 9.17) is 0 Å². The number of carbonyl (C=O) groups excluding carboxylic acids is 1. The van der Waals surface area contributed by atoms with Gasteiger partial charge in [-0.05, 0) is 37.9 Å². The molecule has 2 rings (SSSR count). The van der Waals surface area contributed by atoms with Crippen LogP contribution in [0.5, 0.6) is 5.75 Å². The van der Waals surface area contributed by atoms with Crippen LogP contribution in [-0.2, 0) is 4.79 Å². The Balaban J connectivity index is 2.10. The summed E-state index contributed by atoms with van der Waals surface area (Å²) in [6.45, 7) is 2.98. The molecule has 1 heterocycles. The summed E-state index contributed by atoms with van der Waals surface area (Å²) in [7, 11) is 0. The highest BCUT2D eigenvalue weighted by Crippen LogP contribution is 2.27. The van der Waals surface area contributed by atoms with Gasteiger partial charge in [-0.15, -0.1) is 0 Å². The van der Waals surface area contributed by atoms with Crippen molar-refractivity contribution in [2.24, 2.45) is 0 Å². The van der Waals surface area contributed by atoms with Gasteiger partial charge in [-0.25, -0.2) is 0 Å². The Hall–Kier alpha value is -1.55. The Morgan fingerprint density at radius 1 is 1.56 bits per heavy atom. The number of anilines is 1. The number of carbonyl (C=O) groups is 1. The fraction of sp³-hybridized carbons (Fsp3) is 0.500. The van der Waals surface area contributed by atoms with Gasteiger partial charge in [0.2, 0.25) is 5.91 Å². The van der Waals surface area contributed by atoms with Gasteiger partial charge in [0.05, 0.1) is 5.54 Å². The van der Waals surface area contributed by atoms with E-state index in [0.29, 0.717) is 5.69 Å². The first-order valence-corrected chi connectivity index (χ1v) is 6.52. The molecule has 0 aromatic heterocycles. The summed E-state index contributed by atoms with van der Waals surface area (Å²) in [4.78, 5) is 12.4. The van der Waals surface area contributed by atoms with E-state index in [1.807, 2.05) is 0 Å². The highest BCUT2D eigenvalue weighted by Gasteiger charge is 2.39. The van der Waals surface area contributed by atoms with E-state index < -0.39 is 5.54 Å². The van der Waals surface area contributed by atoms with Crippen LogP contribution in [0.25, 0.3) is 0 Å². The largest absolute Gasteiger partial charge is 0.508 e. The van der Waals surface area contributed by atoms with Crippen molar-refractivity contribution >= 4 is 11.6 Å². The van der Waals surface area contributed by atoms with Crippen LogP contribution in [0, 0.1) is 0 Å². The van der Waals surface area contributed by atoms with Gasteiger partial charge in [0, 0.05) is 11.8 Å². The van der Waals surface area contributed by atoms with Crippen LogP contribution in [0.15, 0.2) is 24.3 Å². The van der Waals surface area contributed by atoms with Crippen molar-refractivity contribution in [1.82, 2.24) is 5.32 Å². The van der Waals surface area contributed by atoms with Crippen molar-refractivity contribution in [3.8, 4) is 5.75 Å². The lowest BCUT2D eigenvalue weighted by Crippen LogP contribution is -2.50. The molecule has 1 unspecified atom stereocenters. The van der Waals surface area contributed by atoms with E-state index in [-0.39, 0.29) is 11.7 Å². The zero-order valence-electron chi connectivity index (χ0n) is 10.7. The van der Waals surface area contributed by atoms with Crippen LogP contribution >= 0.6 is 0 Å². The predicted molar refractivity (Wildman–Crippen MR) is 71.6 cm³/mol. The summed E-state index contributed by atoms with van der Waals surface area (Å²) < 4.78 is 0. The second kappa shape index (κ2) is 5.40. The summed E-state index contributed by atoms with van der Waals surface area (Å²) in [5.41, 5.74) is 0.212. The first-order chi connectivity index (χ1) is 8.66. The smallest absolute Gasteiger partial charge is 0.244 e. The lowest BCUT2D eigenvalue weighted by molar-refractivity contribution is -0.122. The molecular weight excluding hydrogens is 228 g/mol. The van der Waals surface area contributed by atoms with Gasteiger partial charge in [-0.3, -0.25) is 4.79 Å². The molecule has 0 spiro atoms. The molecule has 1 aromatic carbocycles. The topological polar surface area (TPSA) is 61.4 Å². The van der Waals surface area contributed by atoms with Crippen LogP contribution in [0.2, 0.25) is 0 Å². The quantitative estimate of drug-likeness (QED) is 0.766. The summed E-state index contributed by atoms with van der Waals surface area (Å²) in [5, 5.41) is 15.6. The number of hydrogen-bond acceptors (Lipinski definition) is 3. The maximum Gasteiger partial charge on any atom is 0.244 e. The minimum absolute atomic E-state index is 0.00690. The van der Waals surface area contributed by atoms with E-state index in [2.05, 4.69) is 17.6 Å². The molecule has 0 bridgehead atoms. The second-order valence-corrected chi connectivity index (χ2v) is 4.87. The summed E-state index contributed by atoms with van der Waals surface area (Å²) in [6, 6.07) is 6.66. The molecule has 4 heteroatoms. The lowest BCUT2D eigenvalue weighted by atomic mass is 9.91. The number of hydrogen-bond donors (Lipinski definition) is 3. The zero-order chi connectivity index (χ0) is 13.0. The summed E-state index contributed by atoms with van der Waals surface area (Å²) in [6.07, 6.45) is 3.73. The highest BCUT2D eigenvalue weighted by molar-refractivity contribution is 5.98. The third-order valence-electron chi connectivity index (χ3n) is 3.46. The average Bonchev–Trinajstić information content (AvgIpc) is 2.79. The Morgan fingerprint density at radius 3 is 3.00 bits per heavy atom. The van der Waals surface area contributed by atoms with Gasteiger partial charge >= 0.3 is 0 Å². The van der Waals surface area contributed by atoms with Gasteiger partial charge in [0.1, 0.15) is 5.75 Å². The molecule has 18 heavy (non-hydrogen) atoms. The normalized spacial score (nSPS) is 22.9. The van der Waals surface area contributed by atoms with Gasteiger partial charge in [0.25, 0.3) is 0 Å². The van der Waals surface area contributed by atoms with E-state index in [0.717, 1.165) is 32.2 Å². The Labute approximate surface area is 107 Å². The predicted octanol–water partition coefficient (Wildman–Crippen LogP) is 2.25. The first-order valence-electron chi connectivity index (χ1n) is 6.52. The van der Waals surface area contributed by atoms with Crippen molar-refractivity contribution in [1.29, 1.82) is 0 Å². The Kier molecular flexibility index (Phi) is 3.87. The summed E-state index contributed by atoms with van der Waals surface area (Å²) in [5.74, 6) is 0.171. The molecule has 1 aromatic rings. The third kappa shape index (κ3) is 2.64. The van der Waals surface area contributed by atoms with Crippen molar-refractivity contribution < 1.29 is 9.90 Å². The Bertz CT molecular complexity index is 426. The van der Waals surface area contributed by atoms with Crippen LogP contribution < -0.4 is 10.6 Å². The summed E-state index contributed by atoms with van der Waals surface area (Å²) >= 11 is 0. The molecule has 1 amide bonds. The third-order valence-corrected chi connectivity index (χ3v) is 3.46. The number of phenolic OH excluding ortho intramolecular Hbond substituents is 1. The second-order valence-electron chi connectivity index (χ2n) is 4.87. The molecule has 0 aliphatic carbocycles. The van der Waals surface area contributed by atoms with Crippen molar-refractivity contribution in [3.05, 3.63) is 24.3 Å². The molecule has 4 nitrogen and oxygen atoms in total. The van der Waals surface area contributed by atoms with Gasteiger partial charge in [-0.1, -0.05) is 19.4 Å². The molecule has 1 saturated heterocycles. The van der Waals surface area contributed by atoms with E-state index >= 15 is 0 Å². The number of amides is 1. The van der Waals surface area contributed by atoms with Crippen molar-refractivity contribution in [2.75, 3.05) is 11.9 Å². The molecule has 1 aliphatic rings. The minimum atomic E-state index is -0.430. The number of rotatable bonds is 4. The first kappa shape index (κ1) is 12.9. The number of aromatic hydroxyl groups is 1. The zero-order valence-corrected chi connectivity index (χ0v) is 10.7. The molecule has 1 fully saturated rings. The van der Waals surface area contributed by atoms with E-state index in [1.165, 1.54) is 0 Å². The van der Waals surface area contributed by atoms with Gasteiger partial charge in [-0.2, -0.15) is 0 Å². The number of phenols is 1. The van der Waals surface area contributed by atoms with E-state index in [1.54, 1.807) is 24.3 Å². The maximum atomic E-state index is 12.4. The number of nitrogens with one attached hydrogen (secondary N) is 2. The van der Waals surface area contributed by atoms with Gasteiger partial charge in [0.15, 0.2) is 0 Å². The molecule has 1 aliphatic heterocycles. The van der Waals surface area contributed by atoms with Crippen molar-refractivity contribution in [2.45, 2.75) is 38.1 Å². The molecule has 98 valence electrons. The Morgan fingerprint density at radius 2 is 2.39 bits per heavy atom. The maximum absolute atomic E-state index is 12.4. The molecule has 1 atom stereocenters.